The molecule has 0 saturated heterocycles. The predicted molar refractivity (Wildman–Crippen MR) is 96.9 cm³/mol. The van der Waals surface area contributed by atoms with Crippen molar-refractivity contribution in [3.05, 3.63) is 88.8 Å². The van der Waals surface area contributed by atoms with Crippen LogP contribution in [0.3, 0.4) is 0 Å². The highest BCUT2D eigenvalue weighted by Gasteiger charge is 2.23. The van der Waals surface area contributed by atoms with Crippen LogP contribution in [0.15, 0.2) is 48.5 Å². The molecule has 0 spiro atoms. The molecule has 0 aromatic heterocycles. The summed E-state index contributed by atoms with van der Waals surface area (Å²) >= 11 is 0. The van der Waals surface area contributed by atoms with Gasteiger partial charge in [-0.1, -0.05) is 12.1 Å². The summed E-state index contributed by atoms with van der Waals surface area (Å²) in [6, 6.07) is 6.53. The van der Waals surface area contributed by atoms with Crippen LogP contribution in [0.25, 0.3) is 28.3 Å². The Labute approximate surface area is 166 Å². The number of halogens is 8. The van der Waals surface area contributed by atoms with E-state index in [9.17, 15) is 35.1 Å². The van der Waals surface area contributed by atoms with Gasteiger partial charge in [-0.15, -0.1) is 0 Å². The first kappa shape index (κ1) is 21.5. The van der Waals surface area contributed by atoms with E-state index >= 15 is 0 Å². The fourth-order valence-electron chi connectivity index (χ4n) is 2.96. The van der Waals surface area contributed by atoms with Crippen molar-refractivity contribution < 1.29 is 35.1 Å². The first-order valence-corrected chi connectivity index (χ1v) is 8.47. The third-order valence-electron chi connectivity index (χ3n) is 4.27. The molecule has 30 heavy (non-hydrogen) atoms. The van der Waals surface area contributed by atoms with E-state index in [2.05, 4.69) is 0 Å². The lowest BCUT2D eigenvalue weighted by Gasteiger charge is -2.11. The van der Waals surface area contributed by atoms with Crippen molar-refractivity contribution in [2.24, 2.45) is 0 Å². The van der Waals surface area contributed by atoms with Gasteiger partial charge in [-0.05, 0) is 60.0 Å². The molecule has 3 aromatic rings. The quantitative estimate of drug-likeness (QED) is 0.377. The summed E-state index contributed by atoms with van der Waals surface area (Å²) < 4.78 is 108. The van der Waals surface area contributed by atoms with Gasteiger partial charge in [-0.2, -0.15) is 13.2 Å². The summed E-state index contributed by atoms with van der Waals surface area (Å²) in [5, 5.41) is 0. The molecular weight excluding hydrogens is 416 g/mol. The highest BCUT2D eigenvalue weighted by atomic mass is 19.4. The van der Waals surface area contributed by atoms with Crippen molar-refractivity contribution in [1.29, 1.82) is 0 Å². The molecule has 156 valence electrons. The van der Waals surface area contributed by atoms with Gasteiger partial charge < -0.3 is 0 Å². The van der Waals surface area contributed by atoms with E-state index in [0.717, 1.165) is 24.3 Å². The first-order chi connectivity index (χ1) is 14.0. The minimum Gasteiger partial charge on any atom is -0.206 e. The van der Waals surface area contributed by atoms with E-state index in [1.54, 1.807) is 0 Å². The van der Waals surface area contributed by atoms with Crippen molar-refractivity contribution in [1.82, 2.24) is 0 Å². The van der Waals surface area contributed by atoms with Crippen molar-refractivity contribution in [2.45, 2.75) is 13.1 Å². The van der Waals surface area contributed by atoms with Crippen LogP contribution in [0.2, 0.25) is 0 Å². The lowest BCUT2D eigenvalue weighted by atomic mass is 9.97. The number of alkyl halides is 3. The summed E-state index contributed by atoms with van der Waals surface area (Å²) in [4.78, 5) is 0. The third kappa shape index (κ3) is 4.53. The number of rotatable bonds is 3. The number of hydrogen-bond donors (Lipinski definition) is 0. The lowest BCUT2D eigenvalue weighted by Crippen LogP contribution is -2.01. The Balaban J connectivity index is 2.03. The summed E-state index contributed by atoms with van der Waals surface area (Å²) in [5.74, 6) is -5.49. The van der Waals surface area contributed by atoms with Crippen molar-refractivity contribution in [3.63, 3.8) is 0 Å². The van der Waals surface area contributed by atoms with Gasteiger partial charge >= 0.3 is 6.18 Å². The molecule has 0 unspecified atom stereocenters. The van der Waals surface area contributed by atoms with Crippen molar-refractivity contribution in [3.8, 4) is 22.3 Å². The van der Waals surface area contributed by atoms with E-state index in [4.69, 9.17) is 0 Å². The van der Waals surface area contributed by atoms with Gasteiger partial charge in [-0.3, -0.25) is 0 Å². The Kier molecular flexibility index (Phi) is 5.70. The molecule has 8 heteroatoms. The summed E-state index contributed by atoms with van der Waals surface area (Å²) in [7, 11) is 0. The lowest BCUT2D eigenvalue weighted by molar-refractivity contribution is -0.0790. The topological polar surface area (TPSA) is 0 Å². The number of aryl methyl sites for hydroxylation is 1. The molecule has 0 aliphatic heterocycles. The second kappa shape index (κ2) is 7.93. The van der Waals surface area contributed by atoms with Crippen LogP contribution in [0, 0.1) is 36.0 Å². The summed E-state index contributed by atoms with van der Waals surface area (Å²) in [6.45, 7) is 1.48. The average Bonchev–Trinajstić information content (AvgIpc) is 2.59. The van der Waals surface area contributed by atoms with E-state index in [0.29, 0.717) is 17.7 Å². The minimum atomic E-state index is -4.76. The van der Waals surface area contributed by atoms with Gasteiger partial charge in [0.05, 0.1) is 5.56 Å². The Hall–Kier alpha value is -3.16. The molecule has 0 heterocycles. The van der Waals surface area contributed by atoms with Crippen LogP contribution in [-0.4, -0.2) is 6.18 Å². The maximum absolute atomic E-state index is 14.6. The van der Waals surface area contributed by atoms with Gasteiger partial charge in [0, 0.05) is 17.2 Å². The monoisotopic (exact) mass is 428 g/mol. The molecule has 0 aliphatic rings. The molecule has 0 bridgehead atoms. The number of hydrogen-bond acceptors (Lipinski definition) is 0. The molecule has 0 N–H and O–H groups in total. The van der Waals surface area contributed by atoms with Crippen LogP contribution in [0.5, 0.6) is 0 Å². The van der Waals surface area contributed by atoms with Gasteiger partial charge in [0.15, 0.2) is 0 Å². The normalized spacial score (nSPS) is 12.0. The van der Waals surface area contributed by atoms with Gasteiger partial charge in [0.25, 0.3) is 0 Å². The Morgan fingerprint density at radius 2 is 1.20 bits per heavy atom. The molecule has 3 aromatic carbocycles. The van der Waals surface area contributed by atoms with Crippen LogP contribution in [-0.2, 0) is 0 Å². The maximum Gasteiger partial charge on any atom is 0.409 e. The number of allylic oxidation sites excluding steroid dienone is 1. The molecule has 0 atom stereocenters. The molecule has 0 amide bonds. The molecule has 3 rings (SSSR count). The molecule has 0 radical (unpaired) electrons. The Morgan fingerprint density at radius 3 is 1.70 bits per heavy atom. The zero-order chi connectivity index (χ0) is 22.2. The molecule has 0 fully saturated rings. The molecular formula is C22H12F8. The molecule has 0 saturated carbocycles. The van der Waals surface area contributed by atoms with E-state index in [1.807, 2.05) is 0 Å². The minimum absolute atomic E-state index is 0.128. The fourth-order valence-corrected chi connectivity index (χ4v) is 2.96. The van der Waals surface area contributed by atoms with Crippen LogP contribution < -0.4 is 0 Å². The standard InChI is InChI=1S/C22H12F8/c1-11-6-19(26)21(20(27)7-11)12-2-3-14(16(23)8-12)13-9-17(24)15(18(25)10-13)4-5-22(28,29)30/h2-10H,1H3/b5-4+. The van der Waals surface area contributed by atoms with Crippen LogP contribution in [0.4, 0.5) is 35.1 Å². The zero-order valence-electron chi connectivity index (χ0n) is 15.2. The maximum atomic E-state index is 14.6. The van der Waals surface area contributed by atoms with E-state index < -0.39 is 46.4 Å². The highest BCUT2D eigenvalue weighted by molar-refractivity contribution is 5.73. The van der Waals surface area contributed by atoms with Crippen molar-refractivity contribution in [2.75, 3.05) is 0 Å². The molecule has 0 nitrogen and oxygen atoms in total. The predicted octanol–water partition coefficient (Wildman–Crippen LogP) is 7.60. The zero-order valence-corrected chi connectivity index (χ0v) is 15.2. The first-order valence-electron chi connectivity index (χ1n) is 8.47. The van der Waals surface area contributed by atoms with Gasteiger partial charge in [0.1, 0.15) is 29.1 Å². The molecule has 0 aliphatic carbocycles. The second-order valence-electron chi connectivity index (χ2n) is 6.53. The average molecular weight is 428 g/mol. The summed E-state index contributed by atoms with van der Waals surface area (Å²) in [6.07, 6.45) is -4.86. The van der Waals surface area contributed by atoms with Gasteiger partial charge in [-0.25, -0.2) is 22.0 Å². The van der Waals surface area contributed by atoms with E-state index in [1.165, 1.54) is 13.0 Å². The smallest absolute Gasteiger partial charge is 0.206 e. The second-order valence-corrected chi connectivity index (χ2v) is 6.53. The number of benzene rings is 3. The summed E-state index contributed by atoms with van der Waals surface area (Å²) in [5.41, 5.74) is -1.78. The van der Waals surface area contributed by atoms with Crippen LogP contribution >= 0.6 is 0 Å². The Morgan fingerprint density at radius 1 is 0.667 bits per heavy atom. The van der Waals surface area contributed by atoms with Crippen LogP contribution in [0.1, 0.15) is 11.1 Å². The highest BCUT2D eigenvalue weighted by Crippen LogP contribution is 2.33. The van der Waals surface area contributed by atoms with Crippen molar-refractivity contribution >= 4 is 6.08 Å². The third-order valence-corrected chi connectivity index (χ3v) is 4.27. The largest absolute Gasteiger partial charge is 0.409 e. The fraction of sp³-hybridized carbons (Fsp3) is 0.0909. The SMILES string of the molecule is Cc1cc(F)c(-c2ccc(-c3cc(F)c(/C=C/C(F)(F)F)c(F)c3)c(F)c2)c(F)c1. The Bertz CT molecular complexity index is 1100. The van der Waals surface area contributed by atoms with E-state index in [-0.39, 0.29) is 28.8 Å². The van der Waals surface area contributed by atoms with Gasteiger partial charge in [0.2, 0.25) is 0 Å².